The SMILES string of the molecule is CCNC1CCN(C(=O)Nc2ccccc2F)CC1C. The minimum atomic E-state index is -0.406. The van der Waals surface area contributed by atoms with Crippen LogP contribution in [0.25, 0.3) is 0 Å². The van der Waals surface area contributed by atoms with Crippen molar-refractivity contribution < 1.29 is 9.18 Å². The van der Waals surface area contributed by atoms with E-state index >= 15 is 0 Å². The van der Waals surface area contributed by atoms with Crippen molar-refractivity contribution in [1.82, 2.24) is 10.2 Å². The van der Waals surface area contributed by atoms with Crippen LogP contribution in [0.2, 0.25) is 0 Å². The highest BCUT2D eigenvalue weighted by atomic mass is 19.1. The Morgan fingerprint density at radius 2 is 2.20 bits per heavy atom. The van der Waals surface area contributed by atoms with Gasteiger partial charge in [-0.15, -0.1) is 0 Å². The first-order valence-corrected chi connectivity index (χ1v) is 7.15. The van der Waals surface area contributed by atoms with Gasteiger partial charge in [-0.3, -0.25) is 0 Å². The summed E-state index contributed by atoms with van der Waals surface area (Å²) in [6.07, 6.45) is 0.930. The molecular formula is C15H22FN3O. The quantitative estimate of drug-likeness (QED) is 0.893. The fourth-order valence-corrected chi connectivity index (χ4v) is 2.65. The van der Waals surface area contributed by atoms with Crippen LogP contribution in [0.1, 0.15) is 20.3 Å². The molecular weight excluding hydrogens is 257 g/mol. The highest BCUT2D eigenvalue weighted by molar-refractivity contribution is 5.89. The van der Waals surface area contributed by atoms with Gasteiger partial charge in [-0.2, -0.15) is 0 Å². The van der Waals surface area contributed by atoms with Gasteiger partial charge in [0.25, 0.3) is 0 Å². The van der Waals surface area contributed by atoms with Crippen LogP contribution in [0, 0.1) is 11.7 Å². The zero-order valence-corrected chi connectivity index (χ0v) is 12.0. The molecule has 1 aromatic carbocycles. The third kappa shape index (κ3) is 3.48. The number of hydrogen-bond acceptors (Lipinski definition) is 2. The van der Waals surface area contributed by atoms with E-state index in [1.165, 1.54) is 6.07 Å². The van der Waals surface area contributed by atoms with Crippen LogP contribution in [0.15, 0.2) is 24.3 Å². The molecule has 0 saturated carbocycles. The number of likely N-dealkylation sites (tertiary alicyclic amines) is 1. The van der Waals surface area contributed by atoms with E-state index in [1.54, 1.807) is 23.1 Å². The van der Waals surface area contributed by atoms with Gasteiger partial charge in [0.05, 0.1) is 5.69 Å². The second kappa shape index (κ2) is 6.70. The summed E-state index contributed by atoms with van der Waals surface area (Å²) >= 11 is 0. The Hall–Kier alpha value is -1.62. The molecule has 2 unspecified atom stereocenters. The van der Waals surface area contributed by atoms with Crippen molar-refractivity contribution in [3.63, 3.8) is 0 Å². The first kappa shape index (κ1) is 14.8. The molecule has 2 N–H and O–H groups in total. The standard InChI is InChI=1S/C15H22FN3O/c1-3-17-13-8-9-19(10-11(13)2)15(20)18-14-7-5-4-6-12(14)16/h4-7,11,13,17H,3,8-10H2,1-2H3,(H,18,20). The Morgan fingerprint density at radius 1 is 1.45 bits per heavy atom. The maximum absolute atomic E-state index is 13.5. The van der Waals surface area contributed by atoms with Crippen molar-refractivity contribution in [3.8, 4) is 0 Å². The molecule has 0 aromatic heterocycles. The number of amides is 2. The number of rotatable bonds is 3. The molecule has 1 saturated heterocycles. The smallest absolute Gasteiger partial charge is 0.321 e. The number of carbonyl (C=O) groups excluding carboxylic acids is 1. The number of urea groups is 1. The van der Waals surface area contributed by atoms with Gasteiger partial charge in [0.1, 0.15) is 5.82 Å². The van der Waals surface area contributed by atoms with Crippen LogP contribution in [-0.2, 0) is 0 Å². The zero-order chi connectivity index (χ0) is 14.5. The normalized spacial score (nSPS) is 22.6. The summed E-state index contributed by atoms with van der Waals surface area (Å²) in [7, 11) is 0. The van der Waals surface area contributed by atoms with Gasteiger partial charge in [-0.1, -0.05) is 26.0 Å². The zero-order valence-electron chi connectivity index (χ0n) is 12.0. The highest BCUT2D eigenvalue weighted by Crippen LogP contribution is 2.19. The Labute approximate surface area is 119 Å². The summed E-state index contributed by atoms with van der Waals surface area (Å²) in [5, 5.41) is 6.07. The van der Waals surface area contributed by atoms with E-state index < -0.39 is 5.82 Å². The topological polar surface area (TPSA) is 44.4 Å². The molecule has 2 amide bonds. The van der Waals surface area contributed by atoms with Crippen molar-refractivity contribution in [3.05, 3.63) is 30.1 Å². The number of benzene rings is 1. The molecule has 2 rings (SSSR count). The van der Waals surface area contributed by atoms with Crippen molar-refractivity contribution in [2.75, 3.05) is 25.0 Å². The van der Waals surface area contributed by atoms with E-state index in [1.807, 2.05) is 0 Å². The van der Waals surface area contributed by atoms with E-state index in [9.17, 15) is 9.18 Å². The molecule has 110 valence electrons. The lowest BCUT2D eigenvalue weighted by Crippen LogP contribution is -2.51. The van der Waals surface area contributed by atoms with Gasteiger partial charge < -0.3 is 15.5 Å². The lowest BCUT2D eigenvalue weighted by atomic mass is 9.94. The molecule has 5 heteroatoms. The molecule has 1 aliphatic rings. The maximum atomic E-state index is 13.5. The van der Waals surface area contributed by atoms with Crippen LogP contribution in [0.5, 0.6) is 0 Å². The summed E-state index contributed by atoms with van der Waals surface area (Å²) in [6.45, 7) is 6.55. The Bertz CT molecular complexity index is 466. The lowest BCUT2D eigenvalue weighted by Gasteiger charge is -2.37. The monoisotopic (exact) mass is 279 g/mol. The Balaban J connectivity index is 1.93. The minimum Gasteiger partial charge on any atom is -0.324 e. The molecule has 4 nitrogen and oxygen atoms in total. The largest absolute Gasteiger partial charge is 0.324 e. The predicted octanol–water partition coefficient (Wildman–Crippen LogP) is 2.68. The van der Waals surface area contributed by atoms with Gasteiger partial charge in [0.2, 0.25) is 0 Å². The molecule has 2 atom stereocenters. The number of carbonyl (C=O) groups is 1. The second-order valence-electron chi connectivity index (χ2n) is 5.29. The van der Waals surface area contributed by atoms with E-state index in [2.05, 4.69) is 24.5 Å². The van der Waals surface area contributed by atoms with Crippen molar-refractivity contribution in [2.24, 2.45) is 5.92 Å². The maximum Gasteiger partial charge on any atom is 0.321 e. The molecule has 0 spiro atoms. The number of para-hydroxylation sites is 1. The van der Waals surface area contributed by atoms with Gasteiger partial charge in [0, 0.05) is 19.1 Å². The van der Waals surface area contributed by atoms with E-state index in [0.717, 1.165) is 13.0 Å². The summed E-state index contributed by atoms with van der Waals surface area (Å²) in [6, 6.07) is 6.46. The molecule has 1 aliphatic heterocycles. The summed E-state index contributed by atoms with van der Waals surface area (Å²) in [4.78, 5) is 13.9. The number of hydrogen-bond donors (Lipinski definition) is 2. The first-order valence-electron chi connectivity index (χ1n) is 7.15. The molecule has 0 radical (unpaired) electrons. The molecule has 0 bridgehead atoms. The summed E-state index contributed by atoms with van der Waals surface area (Å²) in [5.41, 5.74) is 0.235. The number of halogens is 1. The molecule has 0 aliphatic carbocycles. The van der Waals surface area contributed by atoms with Crippen LogP contribution in [-0.4, -0.2) is 36.6 Å². The molecule has 20 heavy (non-hydrogen) atoms. The van der Waals surface area contributed by atoms with Gasteiger partial charge >= 0.3 is 6.03 Å². The van der Waals surface area contributed by atoms with Crippen molar-refractivity contribution >= 4 is 11.7 Å². The van der Waals surface area contributed by atoms with Gasteiger partial charge in [0.15, 0.2) is 0 Å². The molecule has 1 heterocycles. The Kier molecular flexibility index (Phi) is 4.95. The fourth-order valence-electron chi connectivity index (χ4n) is 2.65. The lowest BCUT2D eigenvalue weighted by molar-refractivity contribution is 0.161. The molecule has 1 aromatic rings. The van der Waals surface area contributed by atoms with Gasteiger partial charge in [-0.25, -0.2) is 9.18 Å². The molecule has 1 fully saturated rings. The van der Waals surface area contributed by atoms with Crippen LogP contribution in [0.3, 0.4) is 0 Å². The summed E-state index contributed by atoms with van der Waals surface area (Å²) in [5.74, 6) is -0.00787. The highest BCUT2D eigenvalue weighted by Gasteiger charge is 2.28. The van der Waals surface area contributed by atoms with E-state index in [4.69, 9.17) is 0 Å². The number of piperidine rings is 1. The number of nitrogens with one attached hydrogen (secondary N) is 2. The van der Waals surface area contributed by atoms with Crippen LogP contribution >= 0.6 is 0 Å². The third-order valence-electron chi connectivity index (χ3n) is 3.77. The third-order valence-corrected chi connectivity index (χ3v) is 3.77. The van der Waals surface area contributed by atoms with E-state index in [0.29, 0.717) is 25.0 Å². The summed E-state index contributed by atoms with van der Waals surface area (Å²) < 4.78 is 13.5. The second-order valence-corrected chi connectivity index (χ2v) is 5.29. The van der Waals surface area contributed by atoms with Crippen LogP contribution < -0.4 is 10.6 Å². The number of anilines is 1. The Morgan fingerprint density at radius 3 is 2.85 bits per heavy atom. The predicted molar refractivity (Wildman–Crippen MR) is 78.2 cm³/mol. The van der Waals surface area contributed by atoms with Gasteiger partial charge in [-0.05, 0) is 31.0 Å². The van der Waals surface area contributed by atoms with Crippen LogP contribution in [0.4, 0.5) is 14.9 Å². The van der Waals surface area contributed by atoms with Crippen molar-refractivity contribution in [2.45, 2.75) is 26.3 Å². The van der Waals surface area contributed by atoms with Crippen molar-refractivity contribution in [1.29, 1.82) is 0 Å². The average molecular weight is 279 g/mol. The first-order chi connectivity index (χ1) is 9.61. The number of nitrogens with zero attached hydrogens (tertiary/aromatic N) is 1. The van der Waals surface area contributed by atoms with E-state index in [-0.39, 0.29) is 11.7 Å². The fraction of sp³-hybridized carbons (Fsp3) is 0.533. The minimum absolute atomic E-state index is 0.225. The average Bonchev–Trinajstić information content (AvgIpc) is 2.43.